The number of ether oxygens (including phenoxy) is 1. The van der Waals surface area contributed by atoms with Crippen molar-refractivity contribution in [1.82, 2.24) is 4.98 Å². The summed E-state index contributed by atoms with van der Waals surface area (Å²) in [5, 5.41) is 11.4. The second kappa shape index (κ2) is 5.97. The van der Waals surface area contributed by atoms with Crippen LogP contribution in [-0.2, 0) is 0 Å². The van der Waals surface area contributed by atoms with Crippen molar-refractivity contribution >= 4 is 23.0 Å². The lowest BCUT2D eigenvalue weighted by atomic mass is 10.1. The molecule has 3 nitrogen and oxygen atoms in total. The smallest absolute Gasteiger partial charge is 0.405 e. The maximum absolute atomic E-state index is 12.3. The first kappa shape index (κ1) is 15.1. The fourth-order valence-electron chi connectivity index (χ4n) is 1.59. The van der Waals surface area contributed by atoms with Gasteiger partial charge in [0.2, 0.25) is 0 Å². The van der Waals surface area contributed by atoms with Crippen molar-refractivity contribution in [3.8, 4) is 11.8 Å². The van der Waals surface area contributed by atoms with E-state index in [1.807, 2.05) is 6.07 Å². The van der Waals surface area contributed by atoms with E-state index in [1.54, 1.807) is 18.4 Å². The Hall–Kier alpha value is -2.33. The normalized spacial score (nSPS) is 12.0. The van der Waals surface area contributed by atoms with Crippen LogP contribution < -0.4 is 4.74 Å². The highest BCUT2D eigenvalue weighted by Gasteiger charge is 2.31. The number of halogens is 3. The molecule has 0 aliphatic heterocycles. The number of nitriles is 1. The van der Waals surface area contributed by atoms with Crippen LogP contribution in [0.5, 0.6) is 5.75 Å². The third-order valence-electron chi connectivity index (χ3n) is 2.41. The fourth-order valence-corrected chi connectivity index (χ4v) is 2.36. The van der Waals surface area contributed by atoms with E-state index >= 15 is 0 Å². The minimum atomic E-state index is -4.78. The summed E-state index contributed by atoms with van der Waals surface area (Å²) >= 11 is 1.26. The Bertz CT molecular complexity index is 713. The predicted molar refractivity (Wildman–Crippen MR) is 73.5 cm³/mol. The molecule has 0 aliphatic rings. The van der Waals surface area contributed by atoms with E-state index in [2.05, 4.69) is 9.72 Å². The van der Waals surface area contributed by atoms with Gasteiger partial charge in [-0.05, 0) is 19.1 Å². The number of alkyl halides is 3. The highest BCUT2D eigenvalue weighted by molar-refractivity contribution is 7.11. The molecule has 1 heterocycles. The second-order valence-corrected chi connectivity index (χ2v) is 4.91. The molecule has 0 saturated carbocycles. The minimum Gasteiger partial charge on any atom is -0.405 e. The Labute approximate surface area is 122 Å². The largest absolute Gasteiger partial charge is 0.573 e. The van der Waals surface area contributed by atoms with Gasteiger partial charge >= 0.3 is 6.36 Å². The van der Waals surface area contributed by atoms with Gasteiger partial charge in [-0.25, -0.2) is 4.98 Å². The van der Waals surface area contributed by atoms with Crippen molar-refractivity contribution < 1.29 is 17.9 Å². The molecule has 0 aliphatic carbocycles. The number of rotatable bonds is 3. The number of benzene rings is 1. The number of allylic oxidation sites excluding steroid dienone is 1. The molecule has 0 bridgehead atoms. The molecule has 0 fully saturated rings. The second-order valence-electron chi connectivity index (χ2n) is 4.05. The van der Waals surface area contributed by atoms with Crippen molar-refractivity contribution in [2.24, 2.45) is 0 Å². The van der Waals surface area contributed by atoms with Crippen LogP contribution in [0.15, 0.2) is 29.6 Å². The molecule has 2 aromatic rings. The van der Waals surface area contributed by atoms with Gasteiger partial charge in [0.25, 0.3) is 0 Å². The summed E-state index contributed by atoms with van der Waals surface area (Å²) in [4.78, 5) is 4.15. The van der Waals surface area contributed by atoms with Gasteiger partial charge in [0.15, 0.2) is 0 Å². The summed E-state index contributed by atoms with van der Waals surface area (Å²) in [6, 6.07) is 7.58. The maximum atomic E-state index is 12.3. The molecule has 0 unspecified atom stereocenters. The molecule has 0 saturated heterocycles. The lowest BCUT2D eigenvalue weighted by molar-refractivity contribution is -0.274. The molecule has 0 radical (unpaired) electrons. The number of thiazole rings is 1. The van der Waals surface area contributed by atoms with E-state index in [0.717, 1.165) is 5.69 Å². The Kier molecular flexibility index (Phi) is 4.29. The van der Waals surface area contributed by atoms with Crippen LogP contribution in [0.3, 0.4) is 0 Å². The Morgan fingerprint density at radius 1 is 1.38 bits per heavy atom. The average Bonchev–Trinajstić information content (AvgIpc) is 2.82. The summed E-state index contributed by atoms with van der Waals surface area (Å²) in [7, 11) is 0. The first-order valence-electron chi connectivity index (χ1n) is 5.78. The van der Waals surface area contributed by atoms with E-state index in [0.29, 0.717) is 5.01 Å². The van der Waals surface area contributed by atoms with Gasteiger partial charge < -0.3 is 4.74 Å². The summed E-state index contributed by atoms with van der Waals surface area (Å²) in [5.41, 5.74) is 1.10. The average molecular weight is 310 g/mol. The molecule has 2 rings (SSSR count). The summed E-state index contributed by atoms with van der Waals surface area (Å²) < 4.78 is 41.0. The van der Waals surface area contributed by atoms with Crippen LogP contribution in [0.25, 0.3) is 11.6 Å². The first-order valence-corrected chi connectivity index (χ1v) is 6.66. The van der Waals surface area contributed by atoms with Gasteiger partial charge in [0, 0.05) is 16.6 Å². The standard InChI is InChI=1S/C14H9F3N2OS/c1-9-8-21-13(19-9)11(7-18)6-10-4-2-3-5-12(10)20-14(15,16)17/h2-6,8H,1H3/b11-6+. The van der Waals surface area contributed by atoms with Crippen LogP contribution in [0.1, 0.15) is 16.3 Å². The van der Waals surface area contributed by atoms with Crippen molar-refractivity contribution in [1.29, 1.82) is 5.26 Å². The number of aryl methyl sites for hydroxylation is 1. The van der Waals surface area contributed by atoms with E-state index in [4.69, 9.17) is 5.26 Å². The Balaban J connectivity index is 2.42. The van der Waals surface area contributed by atoms with E-state index in [-0.39, 0.29) is 16.9 Å². The highest BCUT2D eigenvalue weighted by atomic mass is 32.1. The zero-order chi connectivity index (χ0) is 15.5. The molecular weight excluding hydrogens is 301 g/mol. The molecule has 0 N–H and O–H groups in total. The lowest BCUT2D eigenvalue weighted by Crippen LogP contribution is -2.17. The van der Waals surface area contributed by atoms with Crippen LogP contribution in [0.4, 0.5) is 13.2 Å². The maximum Gasteiger partial charge on any atom is 0.573 e. The quantitative estimate of drug-likeness (QED) is 0.789. The lowest BCUT2D eigenvalue weighted by Gasteiger charge is -2.11. The molecule has 1 aromatic carbocycles. The molecule has 1 aromatic heterocycles. The molecule has 7 heteroatoms. The van der Waals surface area contributed by atoms with Crippen LogP contribution >= 0.6 is 11.3 Å². The number of hydrogen-bond acceptors (Lipinski definition) is 4. The van der Waals surface area contributed by atoms with Crippen molar-refractivity contribution in [3.63, 3.8) is 0 Å². The van der Waals surface area contributed by atoms with Gasteiger partial charge in [0.05, 0.1) is 5.57 Å². The third kappa shape index (κ3) is 4.07. The number of nitrogens with zero attached hydrogens (tertiary/aromatic N) is 2. The van der Waals surface area contributed by atoms with Gasteiger partial charge in [-0.2, -0.15) is 5.26 Å². The topological polar surface area (TPSA) is 45.9 Å². The SMILES string of the molecule is Cc1csc(/C(C#N)=C/c2ccccc2OC(F)(F)F)n1. The number of aromatic nitrogens is 1. The van der Waals surface area contributed by atoms with Crippen molar-refractivity contribution in [3.05, 3.63) is 45.9 Å². The molecule has 108 valence electrons. The number of para-hydroxylation sites is 1. The summed E-state index contributed by atoms with van der Waals surface area (Å²) in [6.45, 7) is 1.77. The first-order chi connectivity index (χ1) is 9.89. The van der Waals surface area contributed by atoms with Crippen molar-refractivity contribution in [2.75, 3.05) is 0 Å². The zero-order valence-electron chi connectivity index (χ0n) is 10.8. The Morgan fingerprint density at radius 2 is 2.10 bits per heavy atom. The van der Waals surface area contributed by atoms with Gasteiger partial charge in [-0.15, -0.1) is 24.5 Å². The van der Waals surface area contributed by atoms with E-state index in [9.17, 15) is 13.2 Å². The Morgan fingerprint density at radius 3 is 2.67 bits per heavy atom. The monoisotopic (exact) mass is 310 g/mol. The molecule has 0 spiro atoms. The third-order valence-corrected chi connectivity index (χ3v) is 3.41. The summed E-state index contributed by atoms with van der Waals surface area (Å²) in [6.07, 6.45) is -3.45. The molecule has 21 heavy (non-hydrogen) atoms. The van der Waals surface area contributed by atoms with Crippen LogP contribution in [0, 0.1) is 18.3 Å². The van der Waals surface area contributed by atoms with Crippen LogP contribution in [-0.4, -0.2) is 11.3 Å². The van der Waals surface area contributed by atoms with Gasteiger partial charge in [-0.3, -0.25) is 0 Å². The molecule has 0 atom stereocenters. The van der Waals surface area contributed by atoms with Crippen molar-refractivity contribution in [2.45, 2.75) is 13.3 Å². The van der Waals surface area contributed by atoms with E-state index in [1.165, 1.54) is 35.6 Å². The van der Waals surface area contributed by atoms with E-state index < -0.39 is 6.36 Å². The predicted octanol–water partition coefficient (Wildman–Crippen LogP) is 4.41. The van der Waals surface area contributed by atoms with Gasteiger partial charge in [-0.1, -0.05) is 18.2 Å². The fraction of sp³-hybridized carbons (Fsp3) is 0.143. The molecule has 0 amide bonds. The minimum absolute atomic E-state index is 0.166. The zero-order valence-corrected chi connectivity index (χ0v) is 11.6. The number of hydrogen-bond donors (Lipinski definition) is 0. The van der Waals surface area contributed by atoms with Crippen LogP contribution in [0.2, 0.25) is 0 Å². The molecular formula is C14H9F3N2OS. The summed E-state index contributed by atoms with van der Waals surface area (Å²) in [5.74, 6) is -0.356. The van der Waals surface area contributed by atoms with Gasteiger partial charge in [0.1, 0.15) is 16.8 Å². The highest BCUT2D eigenvalue weighted by Crippen LogP contribution is 2.29.